The minimum Gasteiger partial charge on any atom is -0.331 e. The van der Waals surface area contributed by atoms with Crippen LogP contribution < -0.4 is 10.7 Å². The number of hydrogen-bond donors (Lipinski definition) is 2. The van der Waals surface area contributed by atoms with Crippen molar-refractivity contribution in [2.45, 2.75) is 70.4 Å². The first-order valence-electron chi connectivity index (χ1n) is 10.2. The van der Waals surface area contributed by atoms with E-state index in [-0.39, 0.29) is 17.5 Å². The van der Waals surface area contributed by atoms with Gasteiger partial charge in [-0.3, -0.25) is 4.79 Å². The van der Waals surface area contributed by atoms with Crippen molar-refractivity contribution < 1.29 is 9.59 Å². The van der Waals surface area contributed by atoms with E-state index < -0.39 is 5.54 Å². The van der Waals surface area contributed by atoms with Crippen molar-refractivity contribution in [2.75, 3.05) is 0 Å². The molecular formula is C22H31N3O2. The number of carbonyl (C=O) groups excluding carboxylic acids is 2. The molecule has 4 aliphatic carbocycles. The molecule has 0 aliphatic heterocycles. The summed E-state index contributed by atoms with van der Waals surface area (Å²) >= 11 is 0. The Labute approximate surface area is 161 Å². The number of nitrogens with one attached hydrogen (secondary N) is 2. The van der Waals surface area contributed by atoms with Crippen LogP contribution in [-0.2, 0) is 0 Å². The zero-order valence-electron chi connectivity index (χ0n) is 16.6. The lowest BCUT2D eigenvalue weighted by molar-refractivity contribution is -0.0158. The summed E-state index contributed by atoms with van der Waals surface area (Å²) in [5.74, 6) is 2.10. The van der Waals surface area contributed by atoms with Crippen LogP contribution in [0, 0.1) is 17.8 Å². The lowest BCUT2D eigenvalue weighted by Gasteiger charge is -2.56. The van der Waals surface area contributed by atoms with Crippen LogP contribution in [0.5, 0.6) is 0 Å². The largest absolute Gasteiger partial charge is 0.334 e. The first-order chi connectivity index (χ1) is 12.7. The van der Waals surface area contributed by atoms with E-state index in [1.807, 2.05) is 39.0 Å². The molecule has 146 valence electrons. The summed E-state index contributed by atoms with van der Waals surface area (Å²) in [6.07, 6.45) is 7.28. The third kappa shape index (κ3) is 3.69. The van der Waals surface area contributed by atoms with Crippen molar-refractivity contribution in [3.8, 4) is 0 Å². The normalized spacial score (nSPS) is 31.4. The van der Waals surface area contributed by atoms with Crippen LogP contribution in [0.25, 0.3) is 0 Å². The molecule has 0 heterocycles. The fraction of sp³-hybridized carbons (Fsp3) is 0.636. The van der Waals surface area contributed by atoms with E-state index in [0.29, 0.717) is 5.56 Å². The Bertz CT molecular complexity index is 688. The van der Waals surface area contributed by atoms with Gasteiger partial charge in [0.25, 0.3) is 5.91 Å². The van der Waals surface area contributed by atoms with E-state index in [9.17, 15) is 9.59 Å². The Balaban J connectivity index is 1.47. The van der Waals surface area contributed by atoms with Crippen molar-refractivity contribution in [3.05, 3.63) is 35.9 Å². The van der Waals surface area contributed by atoms with Crippen LogP contribution in [0.4, 0.5) is 4.79 Å². The van der Waals surface area contributed by atoms with Gasteiger partial charge in [-0.15, -0.1) is 0 Å². The molecule has 0 atom stereocenters. The van der Waals surface area contributed by atoms with Crippen molar-refractivity contribution in [2.24, 2.45) is 17.8 Å². The Kier molecular flexibility index (Phi) is 4.44. The van der Waals surface area contributed by atoms with Crippen LogP contribution in [0.15, 0.2) is 30.3 Å². The number of rotatable bonds is 2. The lowest BCUT2D eigenvalue weighted by atomic mass is 9.53. The van der Waals surface area contributed by atoms with Crippen LogP contribution in [0.1, 0.15) is 69.7 Å². The monoisotopic (exact) mass is 369 g/mol. The molecule has 3 amide bonds. The van der Waals surface area contributed by atoms with Gasteiger partial charge in [-0.2, -0.15) is 0 Å². The van der Waals surface area contributed by atoms with Gasteiger partial charge in [-0.05, 0) is 89.2 Å². The molecule has 0 aromatic heterocycles. The third-order valence-corrected chi connectivity index (χ3v) is 6.52. The number of nitrogens with zero attached hydrogens (tertiary/aromatic N) is 1. The number of carbonyl (C=O) groups is 2. The van der Waals surface area contributed by atoms with Gasteiger partial charge in [0, 0.05) is 11.1 Å². The van der Waals surface area contributed by atoms with Crippen molar-refractivity contribution in [1.29, 1.82) is 0 Å². The molecule has 0 spiro atoms. The molecule has 1 aromatic rings. The maximum Gasteiger partial charge on any atom is 0.334 e. The van der Waals surface area contributed by atoms with Gasteiger partial charge in [-0.25, -0.2) is 15.2 Å². The number of hydrogen-bond acceptors (Lipinski definition) is 2. The van der Waals surface area contributed by atoms with E-state index >= 15 is 0 Å². The quantitative estimate of drug-likeness (QED) is 0.771. The molecule has 2 N–H and O–H groups in total. The van der Waals surface area contributed by atoms with Gasteiger partial charge in [0.1, 0.15) is 0 Å². The Hall–Kier alpha value is -2.04. The van der Waals surface area contributed by atoms with Crippen molar-refractivity contribution in [1.82, 2.24) is 15.8 Å². The topological polar surface area (TPSA) is 61.4 Å². The zero-order valence-corrected chi connectivity index (χ0v) is 16.6. The SMILES string of the molecule is CC(C)(C)N(NC(=O)NC12CC3CC(CC(C3)C1)C2)C(=O)c1ccccc1. The average Bonchev–Trinajstić information content (AvgIpc) is 2.57. The summed E-state index contributed by atoms with van der Waals surface area (Å²) in [7, 11) is 0. The van der Waals surface area contributed by atoms with Crippen LogP contribution >= 0.6 is 0 Å². The molecular weight excluding hydrogens is 338 g/mol. The third-order valence-electron chi connectivity index (χ3n) is 6.52. The molecule has 4 aliphatic rings. The molecule has 4 bridgehead atoms. The van der Waals surface area contributed by atoms with Gasteiger partial charge in [0.2, 0.25) is 0 Å². The fourth-order valence-electron chi connectivity index (χ4n) is 5.87. The van der Waals surface area contributed by atoms with Gasteiger partial charge in [-0.1, -0.05) is 18.2 Å². The highest BCUT2D eigenvalue weighted by atomic mass is 16.2. The Morgan fingerprint density at radius 2 is 1.48 bits per heavy atom. The molecule has 0 radical (unpaired) electrons. The van der Waals surface area contributed by atoms with Gasteiger partial charge in [0.15, 0.2) is 0 Å². The van der Waals surface area contributed by atoms with Crippen LogP contribution in [-0.4, -0.2) is 28.0 Å². The van der Waals surface area contributed by atoms with Gasteiger partial charge >= 0.3 is 6.03 Å². The van der Waals surface area contributed by atoms with E-state index in [4.69, 9.17) is 0 Å². The summed E-state index contributed by atoms with van der Waals surface area (Å²) in [5, 5.41) is 4.75. The van der Waals surface area contributed by atoms with Crippen molar-refractivity contribution in [3.63, 3.8) is 0 Å². The second kappa shape index (κ2) is 6.54. The fourth-order valence-corrected chi connectivity index (χ4v) is 5.87. The molecule has 5 rings (SSSR count). The molecule has 1 aromatic carbocycles. The smallest absolute Gasteiger partial charge is 0.331 e. The molecule has 4 saturated carbocycles. The maximum atomic E-state index is 13.0. The van der Waals surface area contributed by atoms with Crippen LogP contribution in [0.2, 0.25) is 0 Å². The standard InChI is InChI=1S/C22H31N3O2/c1-21(2,3)25(19(26)18-7-5-4-6-8-18)24-20(27)23-22-12-15-9-16(13-22)11-17(10-15)14-22/h4-8,15-17H,9-14H2,1-3H3,(H2,23,24,27). The first kappa shape index (κ1) is 18.3. The maximum absolute atomic E-state index is 13.0. The predicted octanol–water partition coefficient (Wildman–Crippen LogP) is 4.11. The number of urea groups is 1. The minimum atomic E-state index is -0.522. The molecule has 4 fully saturated rings. The zero-order chi connectivity index (χ0) is 19.2. The molecule has 27 heavy (non-hydrogen) atoms. The van der Waals surface area contributed by atoms with E-state index in [0.717, 1.165) is 37.0 Å². The summed E-state index contributed by atoms with van der Waals surface area (Å²) in [6, 6.07) is 8.86. The highest BCUT2D eigenvalue weighted by molar-refractivity contribution is 5.95. The molecule has 0 unspecified atom stereocenters. The van der Waals surface area contributed by atoms with E-state index in [1.54, 1.807) is 12.1 Å². The Morgan fingerprint density at radius 3 is 1.96 bits per heavy atom. The minimum absolute atomic E-state index is 0.0712. The number of amides is 3. The van der Waals surface area contributed by atoms with E-state index in [2.05, 4.69) is 10.7 Å². The average molecular weight is 370 g/mol. The molecule has 5 heteroatoms. The number of benzene rings is 1. The highest BCUT2D eigenvalue weighted by Gasteiger charge is 2.51. The van der Waals surface area contributed by atoms with Crippen LogP contribution in [0.3, 0.4) is 0 Å². The second-order valence-electron chi connectivity index (χ2n) is 9.94. The summed E-state index contributed by atoms with van der Waals surface area (Å²) < 4.78 is 0. The van der Waals surface area contributed by atoms with Crippen molar-refractivity contribution >= 4 is 11.9 Å². The Morgan fingerprint density at radius 1 is 0.963 bits per heavy atom. The lowest BCUT2D eigenvalue weighted by Crippen LogP contribution is -2.65. The molecule has 5 nitrogen and oxygen atoms in total. The van der Waals surface area contributed by atoms with Gasteiger partial charge in [0.05, 0.1) is 5.54 Å². The summed E-state index contributed by atoms with van der Waals surface area (Å²) in [6.45, 7) is 5.79. The number of hydrazine groups is 1. The second-order valence-corrected chi connectivity index (χ2v) is 9.94. The van der Waals surface area contributed by atoms with E-state index in [1.165, 1.54) is 24.3 Å². The summed E-state index contributed by atoms with van der Waals surface area (Å²) in [4.78, 5) is 25.9. The highest BCUT2D eigenvalue weighted by Crippen LogP contribution is 2.55. The van der Waals surface area contributed by atoms with Gasteiger partial charge < -0.3 is 5.32 Å². The molecule has 0 saturated heterocycles. The predicted molar refractivity (Wildman–Crippen MR) is 105 cm³/mol. The summed E-state index contributed by atoms with van der Waals surface area (Å²) in [5.41, 5.74) is 2.84. The first-order valence-corrected chi connectivity index (χ1v) is 10.2.